The number of hydrogen-bond acceptors (Lipinski definition) is 8. The summed E-state index contributed by atoms with van der Waals surface area (Å²) >= 11 is 1.44. The van der Waals surface area contributed by atoms with Crippen molar-refractivity contribution >= 4 is 44.0 Å². The molecule has 1 aliphatic heterocycles. The number of nitrogens with one attached hydrogen (secondary N) is 2. The fraction of sp³-hybridized carbons (Fsp3) is 0.227. The lowest BCUT2D eigenvalue weighted by Crippen LogP contribution is -2.22. The largest absolute Gasteiger partial charge is 0.459 e. The van der Waals surface area contributed by atoms with Gasteiger partial charge in [-0.15, -0.1) is 11.3 Å². The van der Waals surface area contributed by atoms with Gasteiger partial charge in [0, 0.05) is 29.6 Å². The predicted molar refractivity (Wildman–Crippen MR) is 124 cm³/mol. The van der Waals surface area contributed by atoms with Crippen LogP contribution < -0.4 is 10.0 Å². The summed E-state index contributed by atoms with van der Waals surface area (Å²) in [6.07, 6.45) is 0.632. The van der Waals surface area contributed by atoms with Crippen LogP contribution in [-0.4, -0.2) is 31.8 Å². The Morgan fingerprint density at radius 3 is 2.78 bits per heavy atom. The summed E-state index contributed by atoms with van der Waals surface area (Å²) in [4.78, 5) is 21.0. The normalized spacial score (nSPS) is 15.2. The van der Waals surface area contributed by atoms with Crippen molar-refractivity contribution in [1.82, 2.24) is 9.71 Å². The molecule has 1 aromatic heterocycles. The Kier molecular flexibility index (Phi) is 6.52. The summed E-state index contributed by atoms with van der Waals surface area (Å²) < 4.78 is 31.9. The molecule has 2 heterocycles. The summed E-state index contributed by atoms with van der Waals surface area (Å²) in [5, 5.41) is 5.80. The highest BCUT2D eigenvalue weighted by atomic mass is 32.2. The third-order valence-corrected chi connectivity index (χ3v) is 6.91. The molecule has 0 radical (unpaired) electrons. The van der Waals surface area contributed by atoms with Gasteiger partial charge in [0.1, 0.15) is 12.4 Å². The van der Waals surface area contributed by atoms with Gasteiger partial charge in [-0.3, -0.25) is 14.5 Å². The smallest absolute Gasteiger partial charge is 0.306 e. The number of ether oxygens (including phenoxy) is 1. The van der Waals surface area contributed by atoms with E-state index in [0.29, 0.717) is 30.1 Å². The van der Waals surface area contributed by atoms with Crippen LogP contribution in [0, 0.1) is 6.92 Å². The second kappa shape index (κ2) is 9.49. The van der Waals surface area contributed by atoms with Crippen molar-refractivity contribution in [2.75, 3.05) is 11.9 Å². The van der Waals surface area contributed by atoms with Crippen LogP contribution in [0.5, 0.6) is 0 Å². The SMILES string of the molecule is Cc1ccc(Nc2nc(COC(=O)CCCN=C3NS(=O)(=O)c4ccccc43)cs2)cc1. The second-order valence-electron chi connectivity index (χ2n) is 7.23. The van der Waals surface area contributed by atoms with Crippen molar-refractivity contribution < 1.29 is 17.9 Å². The number of anilines is 2. The van der Waals surface area contributed by atoms with Gasteiger partial charge in [0.2, 0.25) is 0 Å². The zero-order chi connectivity index (χ0) is 22.6. The minimum Gasteiger partial charge on any atom is -0.459 e. The molecule has 3 aromatic rings. The number of aryl methyl sites for hydroxylation is 1. The van der Waals surface area contributed by atoms with Crippen LogP contribution >= 0.6 is 11.3 Å². The fourth-order valence-electron chi connectivity index (χ4n) is 3.08. The minimum absolute atomic E-state index is 0.104. The summed E-state index contributed by atoms with van der Waals surface area (Å²) in [6, 6.07) is 14.7. The van der Waals surface area contributed by atoms with Crippen LogP contribution in [0.4, 0.5) is 10.8 Å². The standard InChI is InChI=1S/C22H22N4O4S2/c1-15-8-10-16(11-9-15)24-22-25-17(14-31-22)13-30-20(27)7-4-12-23-21-18-5-2-3-6-19(18)32(28,29)26-21/h2-3,5-6,8-11,14H,4,7,12-13H2,1H3,(H,23,26)(H,24,25). The van der Waals surface area contributed by atoms with Crippen LogP contribution in [0.1, 0.15) is 29.7 Å². The highest BCUT2D eigenvalue weighted by Gasteiger charge is 2.29. The van der Waals surface area contributed by atoms with Gasteiger partial charge in [0.25, 0.3) is 10.0 Å². The molecule has 0 spiro atoms. The molecule has 0 amide bonds. The van der Waals surface area contributed by atoms with Crippen molar-refractivity contribution in [1.29, 1.82) is 0 Å². The number of rotatable bonds is 8. The lowest BCUT2D eigenvalue weighted by molar-refractivity contribution is -0.145. The van der Waals surface area contributed by atoms with Crippen LogP contribution in [0.2, 0.25) is 0 Å². The first-order valence-corrected chi connectivity index (χ1v) is 12.4. The molecule has 0 aliphatic carbocycles. The minimum atomic E-state index is -3.55. The Bertz CT molecular complexity index is 1250. The third-order valence-electron chi connectivity index (χ3n) is 4.71. The number of carbonyl (C=O) groups is 1. The average molecular weight is 471 g/mol. The maximum atomic E-state index is 12.1. The molecule has 0 bridgehead atoms. The van der Waals surface area contributed by atoms with E-state index in [4.69, 9.17) is 4.74 Å². The Hall–Kier alpha value is -3.24. The maximum absolute atomic E-state index is 12.1. The van der Waals surface area contributed by atoms with E-state index in [1.54, 1.807) is 18.2 Å². The van der Waals surface area contributed by atoms with Crippen molar-refractivity contribution in [2.24, 2.45) is 4.99 Å². The van der Waals surface area contributed by atoms with Gasteiger partial charge in [-0.1, -0.05) is 29.8 Å². The first-order chi connectivity index (χ1) is 15.4. The number of sulfonamides is 1. The molecule has 0 saturated heterocycles. The third kappa shape index (κ3) is 5.32. The molecule has 32 heavy (non-hydrogen) atoms. The summed E-state index contributed by atoms with van der Waals surface area (Å²) in [7, 11) is -3.55. The van der Waals surface area contributed by atoms with E-state index in [9.17, 15) is 13.2 Å². The number of aromatic nitrogens is 1. The first kappa shape index (κ1) is 22.0. The van der Waals surface area contributed by atoms with Gasteiger partial charge < -0.3 is 10.1 Å². The van der Waals surface area contributed by atoms with Gasteiger partial charge in [-0.25, -0.2) is 13.4 Å². The van der Waals surface area contributed by atoms with E-state index in [2.05, 4.69) is 20.0 Å². The van der Waals surface area contributed by atoms with Crippen LogP contribution in [-0.2, 0) is 26.2 Å². The zero-order valence-corrected chi connectivity index (χ0v) is 19.0. The number of nitrogens with zero attached hydrogens (tertiary/aromatic N) is 2. The Morgan fingerprint density at radius 2 is 1.97 bits per heavy atom. The Morgan fingerprint density at radius 1 is 1.19 bits per heavy atom. The van der Waals surface area contributed by atoms with Crippen LogP contribution in [0.15, 0.2) is 63.8 Å². The maximum Gasteiger partial charge on any atom is 0.306 e. The van der Waals surface area contributed by atoms with E-state index in [1.807, 2.05) is 36.6 Å². The fourth-order valence-corrected chi connectivity index (χ4v) is 5.05. The second-order valence-corrected chi connectivity index (χ2v) is 9.74. The first-order valence-electron chi connectivity index (χ1n) is 10.0. The molecule has 0 atom stereocenters. The van der Waals surface area contributed by atoms with Crippen molar-refractivity contribution in [3.8, 4) is 0 Å². The van der Waals surface area contributed by atoms with E-state index in [1.165, 1.54) is 23.0 Å². The molecular weight excluding hydrogens is 448 g/mol. The molecule has 10 heteroatoms. The van der Waals surface area contributed by atoms with E-state index in [0.717, 1.165) is 10.8 Å². The monoisotopic (exact) mass is 470 g/mol. The Balaban J connectivity index is 1.21. The Labute approximate surface area is 190 Å². The molecule has 8 nitrogen and oxygen atoms in total. The lowest BCUT2D eigenvalue weighted by Gasteiger charge is -2.03. The summed E-state index contributed by atoms with van der Waals surface area (Å²) in [5.74, 6) is -0.0382. The highest BCUT2D eigenvalue weighted by molar-refractivity contribution is 7.90. The van der Waals surface area contributed by atoms with Crippen LogP contribution in [0.25, 0.3) is 0 Å². The van der Waals surface area contributed by atoms with Gasteiger partial charge in [-0.2, -0.15) is 0 Å². The topological polar surface area (TPSA) is 110 Å². The molecule has 4 rings (SSSR count). The van der Waals surface area contributed by atoms with E-state index < -0.39 is 10.0 Å². The predicted octanol–water partition coefficient (Wildman–Crippen LogP) is 3.76. The van der Waals surface area contributed by atoms with Crippen LogP contribution in [0.3, 0.4) is 0 Å². The van der Waals surface area contributed by atoms with Gasteiger partial charge >= 0.3 is 5.97 Å². The number of carbonyl (C=O) groups excluding carboxylic acids is 1. The molecule has 0 saturated carbocycles. The molecule has 0 unspecified atom stereocenters. The molecule has 0 fully saturated rings. The quantitative estimate of drug-likeness (QED) is 0.383. The molecule has 2 aromatic carbocycles. The lowest BCUT2D eigenvalue weighted by atomic mass is 10.2. The molecule has 166 valence electrons. The van der Waals surface area contributed by atoms with Gasteiger partial charge in [-0.05, 0) is 37.6 Å². The number of thiazole rings is 1. The molecule has 2 N–H and O–H groups in total. The average Bonchev–Trinajstić information content (AvgIpc) is 3.33. The molecule has 1 aliphatic rings. The van der Waals surface area contributed by atoms with Crippen molar-refractivity contribution in [3.63, 3.8) is 0 Å². The summed E-state index contributed by atoms with van der Waals surface area (Å²) in [5.41, 5.74) is 3.36. The van der Waals surface area contributed by atoms with Crippen molar-refractivity contribution in [3.05, 3.63) is 70.7 Å². The number of esters is 1. The zero-order valence-electron chi connectivity index (χ0n) is 17.4. The molecular formula is C22H22N4O4S2. The number of amidine groups is 1. The number of fused-ring (bicyclic) bond motifs is 1. The van der Waals surface area contributed by atoms with Gasteiger partial charge in [0.15, 0.2) is 5.13 Å². The van der Waals surface area contributed by atoms with Crippen molar-refractivity contribution in [2.45, 2.75) is 31.3 Å². The van der Waals surface area contributed by atoms with E-state index >= 15 is 0 Å². The number of benzene rings is 2. The number of hydrogen-bond donors (Lipinski definition) is 2. The summed E-state index contributed by atoms with van der Waals surface area (Å²) in [6.45, 7) is 2.44. The number of aliphatic imine (C=N–C) groups is 1. The highest BCUT2D eigenvalue weighted by Crippen LogP contribution is 2.23. The van der Waals surface area contributed by atoms with E-state index in [-0.39, 0.29) is 23.9 Å². The van der Waals surface area contributed by atoms with Gasteiger partial charge in [0.05, 0.1) is 10.6 Å².